The second-order valence-corrected chi connectivity index (χ2v) is 6.82. The van der Waals surface area contributed by atoms with Gasteiger partial charge in [-0.1, -0.05) is 57.0 Å². The van der Waals surface area contributed by atoms with E-state index in [9.17, 15) is 4.79 Å². The molecule has 1 heterocycles. The van der Waals surface area contributed by atoms with E-state index in [0.717, 1.165) is 18.9 Å². The van der Waals surface area contributed by atoms with Crippen molar-refractivity contribution in [1.82, 2.24) is 10.2 Å². The number of nitrogens with zero attached hydrogens (tertiary/aromatic N) is 1. The van der Waals surface area contributed by atoms with Gasteiger partial charge >= 0.3 is 0 Å². The number of hydrogen-bond donors (Lipinski definition) is 1. The molecule has 2 aliphatic rings. The number of carbonyl (C=O) groups excluding carboxylic acids is 1. The van der Waals surface area contributed by atoms with Gasteiger partial charge in [0, 0.05) is 6.54 Å². The fourth-order valence-electron chi connectivity index (χ4n) is 3.22. The summed E-state index contributed by atoms with van der Waals surface area (Å²) < 4.78 is 0. The first-order valence-electron chi connectivity index (χ1n) is 8.28. The fraction of sp³-hybridized carbons (Fsp3) is 0.611. The Labute approximate surface area is 127 Å². The minimum absolute atomic E-state index is 0.0452. The van der Waals surface area contributed by atoms with Crippen molar-refractivity contribution in [3.05, 3.63) is 35.9 Å². The van der Waals surface area contributed by atoms with Crippen LogP contribution in [-0.4, -0.2) is 23.4 Å². The van der Waals surface area contributed by atoms with Crippen LogP contribution in [0.15, 0.2) is 30.3 Å². The van der Waals surface area contributed by atoms with E-state index in [1.807, 2.05) is 18.2 Å². The highest BCUT2D eigenvalue weighted by Crippen LogP contribution is 2.34. The van der Waals surface area contributed by atoms with Crippen molar-refractivity contribution in [3.63, 3.8) is 0 Å². The highest BCUT2D eigenvalue weighted by atomic mass is 16.2. The van der Waals surface area contributed by atoms with E-state index in [1.165, 1.54) is 24.8 Å². The fourth-order valence-corrected chi connectivity index (χ4v) is 3.22. The van der Waals surface area contributed by atoms with Gasteiger partial charge in [-0.05, 0) is 30.2 Å². The average Bonchev–Trinajstić information content (AvgIpc) is 3.24. The smallest absolute Gasteiger partial charge is 0.241 e. The summed E-state index contributed by atoms with van der Waals surface area (Å²) in [6, 6.07) is 10.3. The molecule has 1 aliphatic heterocycles. The van der Waals surface area contributed by atoms with Gasteiger partial charge in [0.1, 0.15) is 6.17 Å². The largest absolute Gasteiger partial charge is 0.322 e. The van der Waals surface area contributed by atoms with Crippen LogP contribution in [0.3, 0.4) is 0 Å². The third kappa shape index (κ3) is 3.29. The first kappa shape index (κ1) is 14.6. The Balaban J connectivity index is 1.72. The maximum absolute atomic E-state index is 12.7. The van der Waals surface area contributed by atoms with Gasteiger partial charge in [-0.15, -0.1) is 0 Å². The summed E-state index contributed by atoms with van der Waals surface area (Å²) >= 11 is 0. The molecule has 1 aromatic rings. The SMILES string of the molecule is CC(C)C1NC(c2ccccc2)N(CCCC2CC2)C1=O. The van der Waals surface area contributed by atoms with E-state index in [2.05, 4.69) is 36.2 Å². The van der Waals surface area contributed by atoms with Crippen molar-refractivity contribution >= 4 is 5.91 Å². The Bertz CT molecular complexity index is 481. The molecule has 0 aromatic heterocycles. The van der Waals surface area contributed by atoms with Crippen molar-refractivity contribution in [2.24, 2.45) is 11.8 Å². The van der Waals surface area contributed by atoms with Crippen LogP contribution in [-0.2, 0) is 4.79 Å². The van der Waals surface area contributed by atoms with Gasteiger partial charge in [0.2, 0.25) is 5.91 Å². The molecule has 1 aliphatic carbocycles. The van der Waals surface area contributed by atoms with Crippen LogP contribution in [0.2, 0.25) is 0 Å². The predicted octanol–water partition coefficient (Wildman–Crippen LogP) is 3.33. The molecule has 3 heteroatoms. The van der Waals surface area contributed by atoms with Gasteiger partial charge in [-0.2, -0.15) is 0 Å². The topological polar surface area (TPSA) is 32.3 Å². The highest BCUT2D eigenvalue weighted by molar-refractivity contribution is 5.84. The summed E-state index contributed by atoms with van der Waals surface area (Å²) in [5.74, 6) is 1.54. The molecule has 0 bridgehead atoms. The van der Waals surface area contributed by atoms with Crippen LogP contribution in [0.4, 0.5) is 0 Å². The van der Waals surface area contributed by atoms with E-state index < -0.39 is 0 Å². The first-order valence-corrected chi connectivity index (χ1v) is 8.28. The van der Waals surface area contributed by atoms with Crippen molar-refractivity contribution in [2.45, 2.75) is 51.7 Å². The molecule has 2 unspecified atom stereocenters. The minimum atomic E-state index is -0.0452. The second kappa shape index (κ2) is 6.18. The zero-order valence-corrected chi connectivity index (χ0v) is 13.1. The van der Waals surface area contributed by atoms with Gasteiger partial charge in [-0.25, -0.2) is 0 Å². The lowest BCUT2D eigenvalue weighted by molar-refractivity contribution is -0.130. The van der Waals surface area contributed by atoms with E-state index >= 15 is 0 Å². The lowest BCUT2D eigenvalue weighted by atomic mass is 10.0. The summed E-state index contributed by atoms with van der Waals surface area (Å²) in [4.78, 5) is 14.7. The van der Waals surface area contributed by atoms with Crippen molar-refractivity contribution in [1.29, 1.82) is 0 Å². The zero-order chi connectivity index (χ0) is 14.8. The molecular weight excluding hydrogens is 260 g/mol. The Kier molecular flexibility index (Phi) is 4.29. The molecule has 1 saturated carbocycles. The third-order valence-electron chi connectivity index (χ3n) is 4.69. The zero-order valence-electron chi connectivity index (χ0n) is 13.1. The number of benzene rings is 1. The number of rotatable bonds is 6. The molecule has 114 valence electrons. The Hall–Kier alpha value is -1.35. The predicted molar refractivity (Wildman–Crippen MR) is 84.6 cm³/mol. The van der Waals surface area contributed by atoms with Crippen LogP contribution in [0, 0.1) is 11.8 Å². The van der Waals surface area contributed by atoms with E-state index in [4.69, 9.17) is 0 Å². The first-order chi connectivity index (χ1) is 10.2. The average molecular weight is 286 g/mol. The van der Waals surface area contributed by atoms with E-state index in [1.54, 1.807) is 0 Å². The minimum Gasteiger partial charge on any atom is -0.322 e. The number of nitrogens with one attached hydrogen (secondary N) is 1. The van der Waals surface area contributed by atoms with Crippen LogP contribution >= 0.6 is 0 Å². The van der Waals surface area contributed by atoms with Crippen molar-refractivity contribution in [2.75, 3.05) is 6.54 Å². The maximum atomic E-state index is 12.7. The van der Waals surface area contributed by atoms with Gasteiger partial charge < -0.3 is 4.90 Å². The number of carbonyl (C=O) groups is 1. The van der Waals surface area contributed by atoms with Gasteiger partial charge in [0.25, 0.3) is 0 Å². The molecule has 21 heavy (non-hydrogen) atoms. The summed E-state index contributed by atoms with van der Waals surface area (Å²) in [6.07, 6.45) is 5.24. The molecule has 2 atom stereocenters. The monoisotopic (exact) mass is 286 g/mol. The lowest BCUT2D eigenvalue weighted by Crippen LogP contribution is -2.35. The molecule has 2 fully saturated rings. The van der Waals surface area contributed by atoms with E-state index in [-0.39, 0.29) is 18.1 Å². The maximum Gasteiger partial charge on any atom is 0.241 e. The highest BCUT2D eigenvalue weighted by Gasteiger charge is 2.40. The molecule has 1 saturated heterocycles. The Morgan fingerprint density at radius 2 is 1.95 bits per heavy atom. The Morgan fingerprint density at radius 3 is 2.57 bits per heavy atom. The van der Waals surface area contributed by atoms with Crippen LogP contribution in [0.1, 0.15) is 51.3 Å². The summed E-state index contributed by atoms with van der Waals surface area (Å²) in [7, 11) is 0. The second-order valence-electron chi connectivity index (χ2n) is 6.82. The van der Waals surface area contributed by atoms with Crippen LogP contribution < -0.4 is 5.32 Å². The molecule has 1 N–H and O–H groups in total. The number of hydrogen-bond acceptors (Lipinski definition) is 2. The van der Waals surface area contributed by atoms with Gasteiger partial charge in [-0.3, -0.25) is 10.1 Å². The number of amides is 1. The molecule has 1 amide bonds. The van der Waals surface area contributed by atoms with Crippen LogP contribution in [0.25, 0.3) is 0 Å². The van der Waals surface area contributed by atoms with Crippen molar-refractivity contribution in [3.8, 4) is 0 Å². The van der Waals surface area contributed by atoms with Crippen molar-refractivity contribution < 1.29 is 4.79 Å². The molecule has 0 spiro atoms. The normalized spacial score (nSPS) is 25.9. The van der Waals surface area contributed by atoms with E-state index in [0.29, 0.717) is 5.92 Å². The molecule has 3 nitrogen and oxygen atoms in total. The standard InChI is InChI=1S/C18H26N2O/c1-13(2)16-18(21)20(12-6-7-14-10-11-14)17(19-16)15-8-4-3-5-9-15/h3-5,8-9,13-14,16-17,19H,6-7,10-12H2,1-2H3. The van der Waals surface area contributed by atoms with Crippen LogP contribution in [0.5, 0.6) is 0 Å². The quantitative estimate of drug-likeness (QED) is 0.870. The summed E-state index contributed by atoms with van der Waals surface area (Å²) in [6.45, 7) is 5.11. The lowest BCUT2D eigenvalue weighted by Gasteiger charge is -2.24. The Morgan fingerprint density at radius 1 is 1.24 bits per heavy atom. The molecule has 0 radical (unpaired) electrons. The van der Waals surface area contributed by atoms with Gasteiger partial charge in [0.15, 0.2) is 0 Å². The van der Waals surface area contributed by atoms with Gasteiger partial charge in [0.05, 0.1) is 6.04 Å². The summed E-state index contributed by atoms with van der Waals surface area (Å²) in [5.41, 5.74) is 1.19. The molecule has 3 rings (SSSR count). The summed E-state index contributed by atoms with van der Waals surface area (Å²) in [5, 5.41) is 3.54. The third-order valence-corrected chi connectivity index (χ3v) is 4.69. The molecular formula is C18H26N2O. The molecule has 1 aromatic carbocycles.